The summed E-state index contributed by atoms with van der Waals surface area (Å²) in [4.78, 5) is 32.8. The van der Waals surface area contributed by atoms with Gasteiger partial charge in [0.2, 0.25) is 5.91 Å². The topological polar surface area (TPSA) is 75.3 Å². The molecule has 6 nitrogen and oxygen atoms in total. The van der Waals surface area contributed by atoms with E-state index in [1.807, 2.05) is 0 Å². The Bertz CT molecular complexity index is 493. The smallest absolute Gasteiger partial charge is 0.329 e. The zero-order valence-corrected chi connectivity index (χ0v) is 10.2. The normalized spacial score (nSPS) is 22.5. The second-order valence-electron chi connectivity index (χ2n) is 4.81. The monoisotopic (exact) mass is 249 g/mol. The Morgan fingerprint density at radius 1 is 1.50 bits per heavy atom. The average Bonchev–Trinajstić information content (AvgIpc) is 3.14. The molecule has 18 heavy (non-hydrogen) atoms. The molecule has 1 atom stereocenters. The molecule has 1 amide bonds. The van der Waals surface area contributed by atoms with Crippen molar-refractivity contribution in [2.45, 2.75) is 31.8 Å². The number of H-pyrrole nitrogens is 1. The number of carbonyl (C=O) groups excluding carboxylic acids is 2. The van der Waals surface area contributed by atoms with Crippen LogP contribution in [0.4, 0.5) is 0 Å². The van der Waals surface area contributed by atoms with Crippen molar-refractivity contribution in [1.82, 2.24) is 14.9 Å². The van der Waals surface area contributed by atoms with Crippen LogP contribution in [0.2, 0.25) is 0 Å². The lowest BCUT2D eigenvalue weighted by Gasteiger charge is -2.33. The molecule has 6 heteroatoms. The fourth-order valence-corrected chi connectivity index (χ4v) is 2.38. The van der Waals surface area contributed by atoms with E-state index in [0.717, 1.165) is 24.2 Å². The van der Waals surface area contributed by atoms with Gasteiger partial charge in [-0.1, -0.05) is 0 Å². The predicted molar refractivity (Wildman–Crippen MR) is 61.4 cm³/mol. The molecule has 0 aromatic carbocycles. The van der Waals surface area contributed by atoms with E-state index in [9.17, 15) is 9.59 Å². The third-order valence-corrected chi connectivity index (χ3v) is 3.58. The minimum atomic E-state index is -0.529. The van der Waals surface area contributed by atoms with Crippen molar-refractivity contribution < 1.29 is 14.3 Å². The highest BCUT2D eigenvalue weighted by Crippen LogP contribution is 2.34. The van der Waals surface area contributed by atoms with Crippen molar-refractivity contribution in [2.75, 3.05) is 7.11 Å². The molecule has 1 N–H and O–H groups in total. The van der Waals surface area contributed by atoms with Gasteiger partial charge in [-0.25, -0.2) is 9.78 Å². The van der Waals surface area contributed by atoms with Crippen molar-refractivity contribution in [3.63, 3.8) is 0 Å². The molecule has 0 radical (unpaired) electrons. The Morgan fingerprint density at radius 2 is 2.28 bits per heavy atom. The molecule has 0 spiro atoms. The highest BCUT2D eigenvalue weighted by atomic mass is 16.5. The molecule has 1 aliphatic carbocycles. The lowest BCUT2D eigenvalue weighted by Crippen LogP contribution is -2.49. The third-order valence-electron chi connectivity index (χ3n) is 3.58. The number of hydrogen-bond donors (Lipinski definition) is 1. The molecule has 1 fully saturated rings. The molecular weight excluding hydrogens is 234 g/mol. The summed E-state index contributed by atoms with van der Waals surface area (Å²) >= 11 is 0. The first-order valence-corrected chi connectivity index (χ1v) is 6.10. The molecule has 1 saturated carbocycles. The van der Waals surface area contributed by atoms with Crippen LogP contribution < -0.4 is 0 Å². The molecule has 1 aromatic rings. The summed E-state index contributed by atoms with van der Waals surface area (Å²) in [5.74, 6) is -0.204. The highest BCUT2D eigenvalue weighted by Gasteiger charge is 2.42. The fraction of sp³-hybridized carbons (Fsp3) is 0.583. The van der Waals surface area contributed by atoms with Gasteiger partial charge in [0, 0.05) is 12.3 Å². The Kier molecular flexibility index (Phi) is 2.57. The molecule has 2 aliphatic rings. The van der Waals surface area contributed by atoms with Crippen LogP contribution in [0.1, 0.15) is 24.2 Å². The van der Waals surface area contributed by atoms with E-state index in [0.29, 0.717) is 13.0 Å². The molecule has 1 unspecified atom stereocenters. The molecule has 1 aliphatic heterocycles. The molecular formula is C12H15N3O3. The minimum Gasteiger partial charge on any atom is -0.467 e. The van der Waals surface area contributed by atoms with Gasteiger partial charge in [0.15, 0.2) is 0 Å². The molecule has 96 valence electrons. The third kappa shape index (κ3) is 1.77. The summed E-state index contributed by atoms with van der Waals surface area (Å²) in [5.41, 5.74) is 1.77. The van der Waals surface area contributed by atoms with E-state index in [2.05, 4.69) is 9.97 Å². The van der Waals surface area contributed by atoms with E-state index >= 15 is 0 Å². The van der Waals surface area contributed by atoms with E-state index in [4.69, 9.17) is 4.74 Å². The number of rotatable bonds is 2. The van der Waals surface area contributed by atoms with Gasteiger partial charge < -0.3 is 14.6 Å². The maximum absolute atomic E-state index is 12.2. The number of fused-ring (bicyclic) bond motifs is 1. The first kappa shape index (κ1) is 11.3. The molecule has 0 saturated heterocycles. The van der Waals surface area contributed by atoms with Crippen LogP contribution in [0.15, 0.2) is 6.33 Å². The van der Waals surface area contributed by atoms with Crippen molar-refractivity contribution in [3.8, 4) is 0 Å². The summed E-state index contributed by atoms with van der Waals surface area (Å²) in [7, 11) is 1.35. The van der Waals surface area contributed by atoms with Gasteiger partial charge in [0.1, 0.15) is 6.04 Å². The largest absolute Gasteiger partial charge is 0.467 e. The van der Waals surface area contributed by atoms with Crippen LogP contribution in [0.25, 0.3) is 0 Å². The Balaban J connectivity index is 1.88. The minimum absolute atomic E-state index is 0.0608. The number of nitrogens with zero attached hydrogens (tertiary/aromatic N) is 2. The standard InChI is InChI=1S/C12H15N3O3/c1-18-12(17)10-4-8-9(14-6-13-8)5-15(10)11(16)7-2-3-7/h6-7,10H,2-5H2,1H3,(H,13,14). The van der Waals surface area contributed by atoms with E-state index < -0.39 is 6.04 Å². The zero-order chi connectivity index (χ0) is 12.7. The van der Waals surface area contributed by atoms with Crippen molar-refractivity contribution in [3.05, 3.63) is 17.7 Å². The van der Waals surface area contributed by atoms with Gasteiger partial charge in [-0.05, 0) is 12.8 Å². The summed E-state index contributed by atoms with van der Waals surface area (Å²) < 4.78 is 4.79. The highest BCUT2D eigenvalue weighted by molar-refractivity contribution is 5.87. The lowest BCUT2D eigenvalue weighted by molar-refractivity contribution is -0.154. The number of esters is 1. The second-order valence-corrected chi connectivity index (χ2v) is 4.81. The summed E-state index contributed by atoms with van der Waals surface area (Å²) in [6.45, 7) is 0.421. The number of hydrogen-bond acceptors (Lipinski definition) is 4. The van der Waals surface area contributed by atoms with Crippen molar-refractivity contribution in [1.29, 1.82) is 0 Å². The molecule has 1 aromatic heterocycles. The van der Waals surface area contributed by atoms with E-state index in [1.165, 1.54) is 7.11 Å². The van der Waals surface area contributed by atoms with Crippen LogP contribution in [-0.2, 0) is 27.3 Å². The summed E-state index contributed by atoms with van der Waals surface area (Å²) in [6, 6.07) is -0.529. The second kappa shape index (κ2) is 4.12. The van der Waals surface area contributed by atoms with Crippen LogP contribution >= 0.6 is 0 Å². The number of nitrogens with one attached hydrogen (secondary N) is 1. The quantitative estimate of drug-likeness (QED) is 0.762. The number of aromatic amines is 1. The number of imidazole rings is 1. The van der Waals surface area contributed by atoms with Gasteiger partial charge in [-0.3, -0.25) is 4.79 Å². The van der Waals surface area contributed by atoms with Gasteiger partial charge in [-0.15, -0.1) is 0 Å². The summed E-state index contributed by atoms with van der Waals surface area (Å²) in [5, 5.41) is 0. The van der Waals surface area contributed by atoms with Gasteiger partial charge in [0.25, 0.3) is 0 Å². The first-order valence-electron chi connectivity index (χ1n) is 6.10. The van der Waals surface area contributed by atoms with Crippen LogP contribution in [0.5, 0.6) is 0 Å². The van der Waals surface area contributed by atoms with Crippen molar-refractivity contribution in [2.24, 2.45) is 5.92 Å². The molecule has 2 heterocycles. The molecule has 3 rings (SSSR count). The molecule has 0 bridgehead atoms. The fourth-order valence-electron chi connectivity index (χ4n) is 2.38. The maximum Gasteiger partial charge on any atom is 0.329 e. The van der Waals surface area contributed by atoms with E-state index in [-0.39, 0.29) is 17.8 Å². The van der Waals surface area contributed by atoms with Crippen LogP contribution in [0.3, 0.4) is 0 Å². The maximum atomic E-state index is 12.2. The lowest BCUT2D eigenvalue weighted by atomic mass is 10.0. The van der Waals surface area contributed by atoms with Gasteiger partial charge >= 0.3 is 5.97 Å². The number of aromatic nitrogens is 2. The first-order chi connectivity index (χ1) is 8.70. The Labute approximate surface area is 104 Å². The van der Waals surface area contributed by atoms with Crippen LogP contribution in [-0.4, -0.2) is 39.9 Å². The van der Waals surface area contributed by atoms with Crippen molar-refractivity contribution >= 4 is 11.9 Å². The zero-order valence-electron chi connectivity index (χ0n) is 10.2. The predicted octanol–water partition coefficient (Wildman–Crippen LogP) is 0.246. The van der Waals surface area contributed by atoms with E-state index in [1.54, 1.807) is 11.2 Å². The van der Waals surface area contributed by atoms with Gasteiger partial charge in [0.05, 0.1) is 31.4 Å². The summed E-state index contributed by atoms with van der Waals surface area (Å²) in [6.07, 6.45) is 3.90. The number of amides is 1. The average molecular weight is 249 g/mol. The van der Waals surface area contributed by atoms with Gasteiger partial charge in [-0.2, -0.15) is 0 Å². The number of methoxy groups -OCH3 is 1. The van der Waals surface area contributed by atoms with Crippen LogP contribution in [0, 0.1) is 5.92 Å². The SMILES string of the molecule is COC(=O)C1Cc2nc[nH]c2CN1C(=O)C1CC1. The Hall–Kier alpha value is -1.85. The number of ether oxygens (including phenoxy) is 1. The number of carbonyl (C=O) groups is 2. The Morgan fingerprint density at radius 3 is 2.94 bits per heavy atom.